The van der Waals surface area contributed by atoms with Crippen LogP contribution in [-0.2, 0) is 13.2 Å². The van der Waals surface area contributed by atoms with Gasteiger partial charge in [0.1, 0.15) is 23.1 Å². The lowest BCUT2D eigenvalue weighted by Gasteiger charge is -2.13. The Kier molecular flexibility index (Phi) is 8.79. The van der Waals surface area contributed by atoms with Gasteiger partial charge in [-0.2, -0.15) is 0 Å². The van der Waals surface area contributed by atoms with Crippen molar-refractivity contribution in [3.63, 3.8) is 0 Å². The van der Waals surface area contributed by atoms with Crippen molar-refractivity contribution in [2.75, 3.05) is 7.11 Å². The highest BCUT2D eigenvalue weighted by molar-refractivity contribution is 7.09. The van der Waals surface area contributed by atoms with Gasteiger partial charge in [-0.3, -0.25) is 4.79 Å². The van der Waals surface area contributed by atoms with E-state index < -0.39 is 0 Å². The monoisotopic (exact) mass is 557 g/mol. The van der Waals surface area contributed by atoms with Crippen molar-refractivity contribution >= 4 is 40.4 Å². The number of rotatable bonds is 10. The molecule has 37 heavy (non-hydrogen) atoms. The number of nitrogens with zero attached hydrogens (tertiary/aromatic N) is 2. The number of thiazole rings is 1. The minimum absolute atomic E-state index is 0.0850. The third kappa shape index (κ3) is 6.66. The van der Waals surface area contributed by atoms with Crippen LogP contribution in [0, 0.1) is 6.92 Å². The van der Waals surface area contributed by atoms with Crippen LogP contribution in [0.1, 0.15) is 46.9 Å². The average Bonchev–Trinajstić information content (AvgIpc) is 3.47. The van der Waals surface area contributed by atoms with Crippen molar-refractivity contribution in [1.82, 2.24) is 14.9 Å². The lowest BCUT2D eigenvalue weighted by atomic mass is 10.2. The van der Waals surface area contributed by atoms with Gasteiger partial charge in [0.2, 0.25) is 0 Å². The van der Waals surface area contributed by atoms with E-state index in [4.69, 9.17) is 37.7 Å². The van der Waals surface area contributed by atoms with Gasteiger partial charge < -0.3 is 19.4 Å². The Morgan fingerprint density at radius 3 is 2.46 bits per heavy atom. The normalized spacial score (nSPS) is 11.8. The second kappa shape index (κ2) is 12.0. The van der Waals surface area contributed by atoms with E-state index in [1.165, 1.54) is 11.3 Å². The van der Waals surface area contributed by atoms with Crippen molar-refractivity contribution < 1.29 is 14.3 Å². The molecule has 0 spiro atoms. The molecule has 194 valence electrons. The highest BCUT2D eigenvalue weighted by atomic mass is 35.5. The topological polar surface area (TPSA) is 65.4 Å². The number of hydrogen-bond donors (Lipinski definition) is 1. The first-order valence-corrected chi connectivity index (χ1v) is 13.6. The first kappa shape index (κ1) is 27.0. The van der Waals surface area contributed by atoms with E-state index in [1.807, 2.05) is 56.5 Å². The minimum atomic E-state index is -0.0850. The molecular weight excluding hydrogens is 529 g/mol. The van der Waals surface area contributed by atoms with Crippen LogP contribution in [0.25, 0.3) is 11.4 Å². The van der Waals surface area contributed by atoms with E-state index in [-0.39, 0.29) is 18.6 Å². The molecular formula is C28H29Cl2N3O3S. The molecule has 9 heteroatoms. The maximum absolute atomic E-state index is 13.1. The Labute approximate surface area is 231 Å². The molecule has 0 saturated heterocycles. The number of carbonyl (C=O) groups is 1. The van der Waals surface area contributed by atoms with Gasteiger partial charge in [-0.25, -0.2) is 4.98 Å². The average molecular weight is 559 g/mol. The van der Waals surface area contributed by atoms with Crippen molar-refractivity contribution in [3.8, 4) is 22.9 Å². The molecule has 2 aromatic carbocycles. The number of aromatic nitrogens is 2. The summed E-state index contributed by atoms with van der Waals surface area (Å²) in [5.74, 6) is 1.29. The van der Waals surface area contributed by atoms with E-state index in [0.29, 0.717) is 27.9 Å². The molecule has 1 unspecified atom stereocenters. The number of ether oxygens (including phenoxy) is 2. The van der Waals surface area contributed by atoms with Crippen LogP contribution in [0.3, 0.4) is 0 Å². The number of halogens is 2. The zero-order valence-corrected chi connectivity index (χ0v) is 23.5. The van der Waals surface area contributed by atoms with E-state index in [1.54, 1.807) is 25.3 Å². The van der Waals surface area contributed by atoms with Crippen molar-refractivity contribution in [1.29, 1.82) is 0 Å². The standard InChI is InChI=1S/C28H29Cl2N3O3S/c1-5-17(2)31-28(34)24-13-26(33(18(24)3)14-19-6-8-22(35-4)9-7-19)25-16-37-27(32-25)15-36-23-11-20(29)10-21(30)12-23/h6-13,16-17H,5,14-15H2,1-4H3,(H,31,34). The first-order chi connectivity index (χ1) is 17.8. The third-order valence-electron chi connectivity index (χ3n) is 6.11. The second-order valence-electron chi connectivity index (χ2n) is 8.77. The second-order valence-corrected chi connectivity index (χ2v) is 10.6. The number of carbonyl (C=O) groups excluding carboxylic acids is 1. The summed E-state index contributed by atoms with van der Waals surface area (Å²) in [6, 6.07) is 15.0. The van der Waals surface area contributed by atoms with Crippen LogP contribution in [0.5, 0.6) is 11.5 Å². The maximum atomic E-state index is 13.1. The summed E-state index contributed by atoms with van der Waals surface area (Å²) in [7, 11) is 1.65. The molecule has 1 atom stereocenters. The fraction of sp³-hybridized carbons (Fsp3) is 0.286. The number of amides is 1. The Hall–Kier alpha value is -3.00. The van der Waals surface area contributed by atoms with Crippen LogP contribution in [-0.4, -0.2) is 28.6 Å². The smallest absolute Gasteiger partial charge is 0.253 e. The largest absolute Gasteiger partial charge is 0.497 e. The summed E-state index contributed by atoms with van der Waals surface area (Å²) in [5, 5.41) is 6.89. The van der Waals surface area contributed by atoms with Gasteiger partial charge in [0, 0.05) is 33.7 Å². The number of nitrogens with one attached hydrogen (secondary N) is 1. The molecule has 1 amide bonds. The summed E-state index contributed by atoms with van der Waals surface area (Å²) < 4.78 is 13.3. The number of methoxy groups -OCH3 is 1. The molecule has 1 N–H and O–H groups in total. The summed E-state index contributed by atoms with van der Waals surface area (Å²) in [6.45, 7) is 6.89. The molecule has 6 nitrogen and oxygen atoms in total. The third-order valence-corrected chi connectivity index (χ3v) is 7.37. The zero-order valence-electron chi connectivity index (χ0n) is 21.2. The van der Waals surface area contributed by atoms with Crippen LogP contribution in [0.15, 0.2) is 53.9 Å². The molecule has 0 aliphatic carbocycles. The molecule has 0 saturated carbocycles. The van der Waals surface area contributed by atoms with Crippen LogP contribution < -0.4 is 14.8 Å². The molecule has 2 aromatic heterocycles. The van der Waals surface area contributed by atoms with E-state index in [9.17, 15) is 4.79 Å². The van der Waals surface area contributed by atoms with Crippen molar-refractivity contribution in [2.45, 2.75) is 46.4 Å². The Balaban J connectivity index is 1.63. The quantitative estimate of drug-likeness (QED) is 0.220. The molecule has 0 bridgehead atoms. The lowest BCUT2D eigenvalue weighted by molar-refractivity contribution is 0.0938. The Morgan fingerprint density at radius 1 is 1.11 bits per heavy atom. The predicted molar refractivity (Wildman–Crippen MR) is 150 cm³/mol. The Bertz CT molecular complexity index is 1360. The molecule has 0 aliphatic heterocycles. The van der Waals surface area contributed by atoms with Gasteiger partial charge in [0.15, 0.2) is 0 Å². The van der Waals surface area contributed by atoms with Gasteiger partial charge in [-0.05, 0) is 62.2 Å². The SMILES string of the molecule is CCC(C)NC(=O)c1cc(-c2csc(COc3cc(Cl)cc(Cl)c3)n2)n(Cc2ccc(OC)cc2)c1C. The van der Waals surface area contributed by atoms with E-state index in [0.717, 1.165) is 39.8 Å². The van der Waals surface area contributed by atoms with Crippen LogP contribution >= 0.6 is 34.5 Å². The first-order valence-electron chi connectivity index (χ1n) is 11.9. The fourth-order valence-corrected chi connectivity index (χ4v) is 5.07. The molecule has 0 radical (unpaired) electrons. The highest BCUT2D eigenvalue weighted by Crippen LogP contribution is 2.30. The van der Waals surface area contributed by atoms with Crippen LogP contribution in [0.4, 0.5) is 0 Å². The van der Waals surface area contributed by atoms with Gasteiger partial charge in [0.25, 0.3) is 5.91 Å². The minimum Gasteiger partial charge on any atom is -0.497 e. The van der Waals surface area contributed by atoms with Gasteiger partial charge in [-0.15, -0.1) is 11.3 Å². The highest BCUT2D eigenvalue weighted by Gasteiger charge is 2.21. The number of hydrogen-bond acceptors (Lipinski definition) is 5. The molecule has 0 aliphatic rings. The maximum Gasteiger partial charge on any atom is 0.253 e. The molecule has 4 rings (SSSR count). The molecule has 0 fully saturated rings. The van der Waals surface area contributed by atoms with Crippen molar-refractivity contribution in [3.05, 3.63) is 85.8 Å². The lowest BCUT2D eigenvalue weighted by Crippen LogP contribution is -2.32. The Morgan fingerprint density at radius 2 is 1.81 bits per heavy atom. The number of benzene rings is 2. The van der Waals surface area contributed by atoms with Gasteiger partial charge in [0.05, 0.1) is 24.1 Å². The summed E-state index contributed by atoms with van der Waals surface area (Å²) >= 11 is 13.7. The summed E-state index contributed by atoms with van der Waals surface area (Å²) in [4.78, 5) is 17.9. The zero-order chi connectivity index (χ0) is 26.5. The summed E-state index contributed by atoms with van der Waals surface area (Å²) in [5.41, 5.74) is 4.27. The predicted octanol–water partition coefficient (Wildman–Crippen LogP) is 7.39. The molecule has 2 heterocycles. The van der Waals surface area contributed by atoms with Crippen LogP contribution in [0.2, 0.25) is 10.0 Å². The van der Waals surface area contributed by atoms with E-state index in [2.05, 4.69) is 9.88 Å². The van der Waals surface area contributed by atoms with E-state index >= 15 is 0 Å². The van der Waals surface area contributed by atoms with Crippen molar-refractivity contribution in [2.24, 2.45) is 0 Å². The van der Waals surface area contributed by atoms with Gasteiger partial charge in [-0.1, -0.05) is 42.3 Å². The van der Waals surface area contributed by atoms with Gasteiger partial charge >= 0.3 is 0 Å². The molecule has 4 aromatic rings. The fourth-order valence-electron chi connectivity index (χ4n) is 3.86. The summed E-state index contributed by atoms with van der Waals surface area (Å²) in [6.07, 6.45) is 0.859.